The van der Waals surface area contributed by atoms with E-state index in [1.165, 1.54) is 4.90 Å². The van der Waals surface area contributed by atoms with Crippen molar-refractivity contribution in [2.24, 2.45) is 0 Å². The van der Waals surface area contributed by atoms with Crippen molar-refractivity contribution in [3.8, 4) is 0 Å². The number of likely N-dealkylation sites (tertiary alicyclic amines) is 1. The molecule has 0 aromatic carbocycles. The Hall–Kier alpha value is -1.14. The first-order valence-corrected chi connectivity index (χ1v) is 6.35. The molecule has 0 spiro atoms. The van der Waals surface area contributed by atoms with Crippen LogP contribution < -0.4 is 5.32 Å². The molecule has 6 nitrogen and oxygen atoms in total. The van der Waals surface area contributed by atoms with Gasteiger partial charge in [0, 0.05) is 25.4 Å². The minimum Gasteiger partial charge on any atom is -0.480 e. The van der Waals surface area contributed by atoms with E-state index in [-0.39, 0.29) is 18.9 Å². The number of carboxylic acid groups (broad SMARTS) is 1. The number of aliphatic hydroxyl groups is 1. The molecular formula is C12H22N2O4. The molecule has 1 rings (SSSR count). The number of amides is 1. The average Bonchev–Trinajstić information content (AvgIpc) is 2.66. The molecule has 0 aliphatic carbocycles. The summed E-state index contributed by atoms with van der Waals surface area (Å²) in [6.45, 7) is 4.92. The number of nitrogens with zero attached hydrogens (tertiary/aromatic N) is 1. The van der Waals surface area contributed by atoms with E-state index in [0.717, 1.165) is 6.54 Å². The van der Waals surface area contributed by atoms with Crippen LogP contribution in [-0.4, -0.2) is 58.3 Å². The van der Waals surface area contributed by atoms with Crippen molar-refractivity contribution >= 4 is 11.9 Å². The summed E-state index contributed by atoms with van der Waals surface area (Å²) in [7, 11) is 0. The van der Waals surface area contributed by atoms with Gasteiger partial charge in [0.1, 0.15) is 6.04 Å². The molecule has 104 valence electrons. The predicted octanol–water partition coefficient (Wildman–Crippen LogP) is -0.189. The Balaban J connectivity index is 2.38. The van der Waals surface area contributed by atoms with E-state index in [2.05, 4.69) is 5.32 Å². The number of rotatable bonds is 6. The zero-order chi connectivity index (χ0) is 13.7. The zero-order valence-corrected chi connectivity index (χ0v) is 10.9. The topological polar surface area (TPSA) is 89.9 Å². The molecule has 1 heterocycles. The summed E-state index contributed by atoms with van der Waals surface area (Å²) in [6.07, 6.45) is 0.404. The van der Waals surface area contributed by atoms with Crippen molar-refractivity contribution < 1.29 is 19.8 Å². The molecule has 1 amide bonds. The summed E-state index contributed by atoms with van der Waals surface area (Å²) in [4.78, 5) is 24.1. The van der Waals surface area contributed by atoms with Gasteiger partial charge in [-0.3, -0.25) is 4.79 Å². The lowest BCUT2D eigenvalue weighted by atomic mass is 10.2. The highest BCUT2D eigenvalue weighted by atomic mass is 16.4. The lowest BCUT2D eigenvalue weighted by Gasteiger charge is -2.21. The van der Waals surface area contributed by atoms with Gasteiger partial charge in [0.15, 0.2) is 0 Å². The molecule has 3 N–H and O–H groups in total. The lowest BCUT2D eigenvalue weighted by molar-refractivity contribution is -0.148. The number of aliphatic hydroxyl groups excluding tert-OH is 1. The van der Waals surface area contributed by atoms with Crippen LogP contribution in [0.2, 0.25) is 0 Å². The number of carbonyl (C=O) groups is 2. The van der Waals surface area contributed by atoms with Crippen molar-refractivity contribution in [2.75, 3.05) is 13.1 Å². The first kappa shape index (κ1) is 14.9. The molecule has 6 heteroatoms. The standard InChI is InChI=1S/C12H22N2O4/c1-8(2)13-5-3-4-11(16)14-7-9(15)6-10(14)12(17)18/h8-10,13,15H,3-7H2,1-2H3,(H,17,18)/t9-,10-/m1/s1. The molecule has 1 aliphatic heterocycles. The summed E-state index contributed by atoms with van der Waals surface area (Å²) in [5.74, 6) is -1.23. The van der Waals surface area contributed by atoms with Gasteiger partial charge in [0.05, 0.1) is 6.10 Å². The number of carbonyl (C=O) groups excluding carboxylic acids is 1. The summed E-state index contributed by atoms with van der Waals surface area (Å²) in [5.41, 5.74) is 0. The molecule has 2 atom stereocenters. The first-order valence-electron chi connectivity index (χ1n) is 6.35. The number of β-amino-alcohol motifs (C(OH)–C–C–N with tert-alkyl or cyclic N) is 1. The van der Waals surface area contributed by atoms with Gasteiger partial charge < -0.3 is 20.4 Å². The highest BCUT2D eigenvalue weighted by molar-refractivity contribution is 5.84. The maximum Gasteiger partial charge on any atom is 0.326 e. The van der Waals surface area contributed by atoms with E-state index in [1.807, 2.05) is 13.8 Å². The van der Waals surface area contributed by atoms with Crippen molar-refractivity contribution in [1.82, 2.24) is 10.2 Å². The molecule has 1 saturated heterocycles. The van der Waals surface area contributed by atoms with Gasteiger partial charge in [0.2, 0.25) is 5.91 Å². The lowest BCUT2D eigenvalue weighted by Crippen LogP contribution is -2.40. The predicted molar refractivity (Wildman–Crippen MR) is 66.1 cm³/mol. The van der Waals surface area contributed by atoms with Crippen molar-refractivity contribution in [3.63, 3.8) is 0 Å². The van der Waals surface area contributed by atoms with Crippen LogP contribution in [0.25, 0.3) is 0 Å². The number of nitrogens with one attached hydrogen (secondary N) is 1. The van der Waals surface area contributed by atoms with Crippen molar-refractivity contribution in [1.29, 1.82) is 0 Å². The Morgan fingerprint density at radius 2 is 2.11 bits per heavy atom. The Labute approximate surface area is 107 Å². The second-order valence-electron chi connectivity index (χ2n) is 5.00. The fourth-order valence-corrected chi connectivity index (χ4v) is 2.10. The third kappa shape index (κ3) is 4.27. The highest BCUT2D eigenvalue weighted by Gasteiger charge is 2.38. The number of hydrogen-bond donors (Lipinski definition) is 3. The van der Waals surface area contributed by atoms with Crippen molar-refractivity contribution in [3.05, 3.63) is 0 Å². The summed E-state index contributed by atoms with van der Waals surface area (Å²) in [6, 6.07) is -0.494. The van der Waals surface area contributed by atoms with Gasteiger partial charge in [-0.25, -0.2) is 4.79 Å². The van der Waals surface area contributed by atoms with Crippen molar-refractivity contribution in [2.45, 2.75) is 51.3 Å². The zero-order valence-electron chi connectivity index (χ0n) is 10.9. The fraction of sp³-hybridized carbons (Fsp3) is 0.833. The highest BCUT2D eigenvalue weighted by Crippen LogP contribution is 2.19. The Bertz CT molecular complexity index is 306. The van der Waals surface area contributed by atoms with E-state index >= 15 is 0 Å². The SMILES string of the molecule is CC(C)NCCCC(=O)N1C[C@H](O)C[C@@H]1C(=O)O. The molecular weight excluding hydrogens is 236 g/mol. The number of carboxylic acids is 1. The molecule has 1 fully saturated rings. The van der Waals surface area contributed by atoms with Crippen LogP contribution in [0.5, 0.6) is 0 Å². The molecule has 0 aromatic rings. The first-order chi connectivity index (χ1) is 8.41. The molecule has 0 radical (unpaired) electrons. The van der Waals surface area contributed by atoms with Gasteiger partial charge in [-0.15, -0.1) is 0 Å². The number of aliphatic carboxylic acids is 1. The summed E-state index contributed by atoms with van der Waals surface area (Å²) < 4.78 is 0. The van der Waals surface area contributed by atoms with Gasteiger partial charge in [0.25, 0.3) is 0 Å². The summed E-state index contributed by atoms with van der Waals surface area (Å²) >= 11 is 0. The third-order valence-corrected chi connectivity index (χ3v) is 3.00. The van der Waals surface area contributed by atoms with E-state index in [4.69, 9.17) is 5.11 Å². The molecule has 0 unspecified atom stereocenters. The van der Waals surface area contributed by atoms with E-state index in [0.29, 0.717) is 18.9 Å². The monoisotopic (exact) mass is 258 g/mol. The quantitative estimate of drug-likeness (QED) is 0.575. The average molecular weight is 258 g/mol. The molecule has 1 aliphatic rings. The normalized spacial score (nSPS) is 23.7. The molecule has 0 saturated carbocycles. The fourth-order valence-electron chi connectivity index (χ4n) is 2.10. The minimum absolute atomic E-state index is 0.130. The van der Waals surface area contributed by atoms with Crippen LogP contribution in [0, 0.1) is 0 Å². The maximum atomic E-state index is 11.9. The van der Waals surface area contributed by atoms with Gasteiger partial charge in [-0.05, 0) is 13.0 Å². The molecule has 18 heavy (non-hydrogen) atoms. The van der Waals surface area contributed by atoms with Crippen LogP contribution in [0.4, 0.5) is 0 Å². The largest absolute Gasteiger partial charge is 0.480 e. The van der Waals surface area contributed by atoms with Crippen LogP contribution in [0.15, 0.2) is 0 Å². The molecule has 0 bridgehead atoms. The van der Waals surface area contributed by atoms with Gasteiger partial charge in [-0.1, -0.05) is 13.8 Å². The van der Waals surface area contributed by atoms with Crippen LogP contribution in [0.3, 0.4) is 0 Å². The number of hydrogen-bond acceptors (Lipinski definition) is 4. The van der Waals surface area contributed by atoms with Gasteiger partial charge >= 0.3 is 5.97 Å². The Morgan fingerprint density at radius 3 is 2.67 bits per heavy atom. The summed E-state index contributed by atoms with van der Waals surface area (Å²) in [5, 5.41) is 21.6. The van der Waals surface area contributed by atoms with E-state index in [9.17, 15) is 14.7 Å². The maximum absolute atomic E-state index is 11.9. The van der Waals surface area contributed by atoms with Crippen LogP contribution in [0.1, 0.15) is 33.1 Å². The van der Waals surface area contributed by atoms with E-state index < -0.39 is 18.1 Å². The second kappa shape index (κ2) is 6.70. The third-order valence-electron chi connectivity index (χ3n) is 3.00. The van der Waals surface area contributed by atoms with E-state index in [1.54, 1.807) is 0 Å². The van der Waals surface area contributed by atoms with Gasteiger partial charge in [-0.2, -0.15) is 0 Å². The smallest absolute Gasteiger partial charge is 0.326 e. The second-order valence-corrected chi connectivity index (χ2v) is 5.00. The minimum atomic E-state index is -1.04. The Morgan fingerprint density at radius 1 is 1.44 bits per heavy atom. The van der Waals surface area contributed by atoms with Crippen LogP contribution >= 0.6 is 0 Å². The molecule has 0 aromatic heterocycles. The Kier molecular flexibility index (Phi) is 5.55. The van der Waals surface area contributed by atoms with Crippen LogP contribution in [-0.2, 0) is 9.59 Å².